The highest BCUT2D eigenvalue weighted by Gasteiger charge is 2.16. The van der Waals surface area contributed by atoms with E-state index >= 15 is 0 Å². The summed E-state index contributed by atoms with van der Waals surface area (Å²) in [6, 6.07) is 7.46. The van der Waals surface area contributed by atoms with E-state index in [2.05, 4.69) is 15.9 Å². The van der Waals surface area contributed by atoms with E-state index in [9.17, 15) is 8.42 Å². The van der Waals surface area contributed by atoms with Gasteiger partial charge in [-0.3, -0.25) is 0 Å². The molecule has 0 radical (unpaired) electrons. The Bertz CT molecular complexity index is 447. The van der Waals surface area contributed by atoms with Crippen molar-refractivity contribution in [3.8, 4) is 0 Å². The van der Waals surface area contributed by atoms with Crippen LogP contribution in [-0.4, -0.2) is 37.2 Å². The fourth-order valence-electron chi connectivity index (χ4n) is 1.26. The summed E-state index contributed by atoms with van der Waals surface area (Å²) in [7, 11) is -1.85. The zero-order valence-electron chi connectivity index (χ0n) is 8.93. The number of rotatable bonds is 5. The molecule has 0 bridgehead atoms. The van der Waals surface area contributed by atoms with Crippen LogP contribution in [0.1, 0.15) is 5.56 Å². The lowest BCUT2D eigenvalue weighted by atomic mass is 10.2. The lowest BCUT2D eigenvalue weighted by Crippen LogP contribution is -2.30. The van der Waals surface area contributed by atoms with E-state index in [0.717, 1.165) is 10.0 Å². The van der Waals surface area contributed by atoms with Crippen molar-refractivity contribution in [2.24, 2.45) is 0 Å². The minimum atomic E-state index is -3.35. The lowest BCUT2D eigenvalue weighted by Gasteiger charge is -2.16. The largest absolute Gasteiger partial charge is 0.395 e. The molecule has 0 amide bonds. The second kappa shape index (κ2) is 5.77. The molecule has 0 aliphatic heterocycles. The second-order valence-corrected chi connectivity index (χ2v) is 6.54. The number of halogens is 1. The first kappa shape index (κ1) is 13.6. The number of hydrogen-bond acceptors (Lipinski definition) is 3. The molecule has 0 saturated carbocycles. The maximum Gasteiger partial charge on any atom is 0.216 e. The molecule has 0 aliphatic rings. The van der Waals surface area contributed by atoms with Gasteiger partial charge in [0.15, 0.2) is 0 Å². The van der Waals surface area contributed by atoms with Gasteiger partial charge in [0, 0.05) is 18.1 Å². The van der Waals surface area contributed by atoms with Crippen molar-refractivity contribution in [3.05, 3.63) is 34.3 Å². The van der Waals surface area contributed by atoms with Gasteiger partial charge in [-0.15, -0.1) is 0 Å². The Morgan fingerprint density at radius 3 is 2.69 bits per heavy atom. The van der Waals surface area contributed by atoms with Gasteiger partial charge in [-0.25, -0.2) is 12.7 Å². The fourth-order valence-corrected chi connectivity index (χ4v) is 2.60. The van der Waals surface area contributed by atoms with Crippen molar-refractivity contribution in [2.45, 2.75) is 6.54 Å². The van der Waals surface area contributed by atoms with Gasteiger partial charge in [0.25, 0.3) is 0 Å². The Morgan fingerprint density at radius 2 is 2.12 bits per heavy atom. The molecule has 0 saturated heterocycles. The van der Waals surface area contributed by atoms with Crippen LogP contribution < -0.4 is 0 Å². The van der Waals surface area contributed by atoms with Gasteiger partial charge in [-0.2, -0.15) is 0 Å². The van der Waals surface area contributed by atoms with E-state index < -0.39 is 10.0 Å². The van der Waals surface area contributed by atoms with Gasteiger partial charge in [0.1, 0.15) is 0 Å². The molecule has 4 nitrogen and oxygen atoms in total. The molecule has 0 unspecified atom stereocenters. The van der Waals surface area contributed by atoms with Crippen LogP contribution in [0.3, 0.4) is 0 Å². The first-order valence-corrected chi connectivity index (χ1v) is 7.15. The van der Waals surface area contributed by atoms with Crippen LogP contribution in [0.25, 0.3) is 0 Å². The molecule has 1 aromatic rings. The lowest BCUT2D eigenvalue weighted by molar-refractivity contribution is 0.316. The first-order valence-electron chi connectivity index (χ1n) is 4.75. The first-order chi connectivity index (χ1) is 7.45. The highest BCUT2D eigenvalue weighted by Crippen LogP contribution is 2.14. The van der Waals surface area contributed by atoms with E-state index in [1.54, 1.807) is 0 Å². The molecule has 6 heteroatoms. The molecule has 0 spiro atoms. The standard InChI is InChI=1S/C10H14BrNO3S/c1-12(16(14,15)6-5-13)8-9-3-2-4-10(11)7-9/h2-4,7,13H,5-6,8H2,1H3. The smallest absolute Gasteiger partial charge is 0.216 e. The summed E-state index contributed by atoms with van der Waals surface area (Å²) in [5.41, 5.74) is 0.901. The molecule has 16 heavy (non-hydrogen) atoms. The summed E-state index contributed by atoms with van der Waals surface area (Å²) in [5, 5.41) is 8.65. The molecule has 0 fully saturated rings. The molecule has 1 N–H and O–H groups in total. The highest BCUT2D eigenvalue weighted by molar-refractivity contribution is 9.10. The molecular formula is C10H14BrNO3S. The van der Waals surface area contributed by atoms with E-state index in [0.29, 0.717) is 6.54 Å². The number of aliphatic hydroxyl groups is 1. The fraction of sp³-hybridized carbons (Fsp3) is 0.400. The van der Waals surface area contributed by atoms with Crippen LogP contribution in [0, 0.1) is 0 Å². The van der Waals surface area contributed by atoms with Gasteiger partial charge in [-0.05, 0) is 17.7 Å². The van der Waals surface area contributed by atoms with Gasteiger partial charge < -0.3 is 5.11 Å². The van der Waals surface area contributed by atoms with Crippen LogP contribution in [-0.2, 0) is 16.6 Å². The SMILES string of the molecule is CN(Cc1cccc(Br)c1)S(=O)(=O)CCO. The van der Waals surface area contributed by atoms with Crippen LogP contribution in [0.15, 0.2) is 28.7 Å². The van der Waals surface area contributed by atoms with Crippen molar-refractivity contribution in [2.75, 3.05) is 19.4 Å². The van der Waals surface area contributed by atoms with E-state index in [-0.39, 0.29) is 12.4 Å². The molecule has 0 heterocycles. The minimum absolute atomic E-state index is 0.239. The number of nitrogens with zero attached hydrogens (tertiary/aromatic N) is 1. The van der Waals surface area contributed by atoms with Crippen molar-refractivity contribution < 1.29 is 13.5 Å². The maximum atomic E-state index is 11.6. The van der Waals surface area contributed by atoms with Crippen molar-refractivity contribution in [1.29, 1.82) is 0 Å². The summed E-state index contributed by atoms with van der Waals surface area (Å²) in [4.78, 5) is 0. The predicted molar refractivity (Wildman–Crippen MR) is 66.5 cm³/mol. The minimum Gasteiger partial charge on any atom is -0.395 e. The number of benzene rings is 1. The second-order valence-electron chi connectivity index (χ2n) is 3.43. The monoisotopic (exact) mass is 307 g/mol. The van der Waals surface area contributed by atoms with Crippen LogP contribution in [0.2, 0.25) is 0 Å². The van der Waals surface area contributed by atoms with E-state index in [1.807, 2.05) is 24.3 Å². The van der Waals surface area contributed by atoms with Gasteiger partial charge >= 0.3 is 0 Å². The van der Waals surface area contributed by atoms with Gasteiger partial charge in [0.05, 0.1) is 12.4 Å². The summed E-state index contributed by atoms with van der Waals surface area (Å²) in [5.74, 6) is -0.239. The van der Waals surface area contributed by atoms with Crippen LogP contribution in [0.4, 0.5) is 0 Å². The maximum absolute atomic E-state index is 11.6. The molecule has 0 aromatic heterocycles. The average Bonchev–Trinajstić information content (AvgIpc) is 2.17. The Balaban J connectivity index is 2.75. The van der Waals surface area contributed by atoms with Crippen molar-refractivity contribution >= 4 is 26.0 Å². The van der Waals surface area contributed by atoms with Gasteiger partial charge in [-0.1, -0.05) is 28.1 Å². The third-order valence-corrected chi connectivity index (χ3v) is 4.39. The topological polar surface area (TPSA) is 57.6 Å². The summed E-state index contributed by atoms with van der Waals surface area (Å²) < 4.78 is 25.3. The molecular weight excluding hydrogens is 294 g/mol. The summed E-state index contributed by atoms with van der Waals surface area (Å²) in [6.07, 6.45) is 0. The summed E-state index contributed by atoms with van der Waals surface area (Å²) in [6.45, 7) is -0.0487. The Labute approximate surface area is 104 Å². The average molecular weight is 308 g/mol. The van der Waals surface area contributed by atoms with E-state index in [1.165, 1.54) is 11.4 Å². The zero-order chi connectivity index (χ0) is 12.2. The Morgan fingerprint density at radius 1 is 1.44 bits per heavy atom. The third kappa shape index (κ3) is 3.86. The number of aliphatic hydroxyl groups excluding tert-OH is 1. The van der Waals surface area contributed by atoms with Crippen molar-refractivity contribution in [3.63, 3.8) is 0 Å². The third-order valence-electron chi connectivity index (χ3n) is 2.12. The van der Waals surface area contributed by atoms with Crippen molar-refractivity contribution in [1.82, 2.24) is 4.31 Å². The number of sulfonamides is 1. The molecule has 1 rings (SSSR count). The highest BCUT2D eigenvalue weighted by atomic mass is 79.9. The number of hydrogen-bond donors (Lipinski definition) is 1. The predicted octanol–water partition coefficient (Wildman–Crippen LogP) is 1.20. The van der Waals surface area contributed by atoms with Crippen LogP contribution in [0.5, 0.6) is 0 Å². The molecule has 0 atom stereocenters. The van der Waals surface area contributed by atoms with Gasteiger partial charge in [0.2, 0.25) is 10.0 Å². The Kier molecular flexibility index (Phi) is 4.91. The quantitative estimate of drug-likeness (QED) is 0.889. The zero-order valence-corrected chi connectivity index (χ0v) is 11.3. The molecule has 1 aromatic carbocycles. The Hall–Kier alpha value is -0.430. The normalized spacial score (nSPS) is 12.0. The summed E-state index contributed by atoms with van der Waals surface area (Å²) >= 11 is 3.33. The van der Waals surface area contributed by atoms with E-state index in [4.69, 9.17) is 5.11 Å². The molecule has 90 valence electrons. The molecule has 0 aliphatic carbocycles. The van der Waals surface area contributed by atoms with Crippen LogP contribution >= 0.6 is 15.9 Å².